The smallest absolute Gasteiger partial charge is 0.317 e. The first kappa shape index (κ1) is 17.7. The maximum Gasteiger partial charge on any atom is 0.317 e. The summed E-state index contributed by atoms with van der Waals surface area (Å²) >= 11 is 0. The number of pyridine rings is 1. The number of β-amino-alcohol motifs (C(OH)–C–C–N with tert-alkyl or cyclic N) is 1. The monoisotopic (exact) mass is 320 g/mol. The van der Waals surface area contributed by atoms with Crippen molar-refractivity contribution >= 4 is 6.03 Å². The van der Waals surface area contributed by atoms with Crippen molar-refractivity contribution in [2.45, 2.75) is 45.9 Å². The molecule has 2 amide bonds. The quantitative estimate of drug-likeness (QED) is 0.879. The molecule has 6 nitrogen and oxygen atoms in total. The van der Waals surface area contributed by atoms with Crippen molar-refractivity contribution < 1.29 is 9.90 Å². The maximum atomic E-state index is 12.4. The molecule has 0 saturated carbocycles. The standard InChI is InChI=1S/C17H28N4O2/c1-13-7-15(9-18-8-13)10-19-16(22)21-6-5-20(11-14(21)2)12-17(3,4)23/h7-9,14,23H,5-6,10-12H2,1-4H3,(H,19,22)/t14-/m1/s1. The number of hydrogen-bond acceptors (Lipinski definition) is 4. The summed E-state index contributed by atoms with van der Waals surface area (Å²) in [6.45, 7) is 11.0. The first-order chi connectivity index (χ1) is 10.7. The Morgan fingerprint density at radius 2 is 2.17 bits per heavy atom. The molecule has 1 aromatic rings. The third-order valence-electron chi connectivity index (χ3n) is 3.96. The summed E-state index contributed by atoms with van der Waals surface area (Å²) in [6.07, 6.45) is 3.58. The number of aliphatic hydroxyl groups is 1. The zero-order valence-corrected chi connectivity index (χ0v) is 14.5. The van der Waals surface area contributed by atoms with Gasteiger partial charge in [0.15, 0.2) is 0 Å². The van der Waals surface area contributed by atoms with Gasteiger partial charge in [0.1, 0.15) is 0 Å². The molecule has 1 aromatic heterocycles. The van der Waals surface area contributed by atoms with Crippen molar-refractivity contribution in [1.29, 1.82) is 0 Å². The second-order valence-electron chi connectivity index (χ2n) is 7.12. The van der Waals surface area contributed by atoms with Gasteiger partial charge < -0.3 is 15.3 Å². The predicted molar refractivity (Wildman–Crippen MR) is 90.1 cm³/mol. The summed E-state index contributed by atoms with van der Waals surface area (Å²) in [5, 5.41) is 12.9. The summed E-state index contributed by atoms with van der Waals surface area (Å²) in [5.74, 6) is 0. The molecular formula is C17H28N4O2. The van der Waals surface area contributed by atoms with Gasteiger partial charge in [0, 0.05) is 51.2 Å². The van der Waals surface area contributed by atoms with E-state index in [1.165, 1.54) is 0 Å². The first-order valence-electron chi connectivity index (χ1n) is 8.14. The lowest BCUT2D eigenvalue weighted by Crippen LogP contribution is -2.58. The largest absolute Gasteiger partial charge is 0.389 e. The molecule has 6 heteroatoms. The molecule has 23 heavy (non-hydrogen) atoms. The Morgan fingerprint density at radius 1 is 1.43 bits per heavy atom. The summed E-state index contributed by atoms with van der Waals surface area (Å²) in [4.78, 5) is 20.6. The number of aromatic nitrogens is 1. The Bertz CT molecular complexity index is 542. The molecule has 0 spiro atoms. The third kappa shape index (κ3) is 5.48. The number of rotatable bonds is 4. The number of urea groups is 1. The summed E-state index contributed by atoms with van der Waals surface area (Å²) < 4.78 is 0. The summed E-state index contributed by atoms with van der Waals surface area (Å²) in [6, 6.07) is 2.11. The van der Waals surface area contributed by atoms with Gasteiger partial charge in [0.05, 0.1) is 5.60 Å². The minimum Gasteiger partial charge on any atom is -0.389 e. The molecule has 0 aliphatic carbocycles. The molecular weight excluding hydrogens is 292 g/mol. The van der Waals surface area contributed by atoms with E-state index < -0.39 is 5.60 Å². The number of carbonyl (C=O) groups is 1. The minimum atomic E-state index is -0.706. The Kier molecular flexibility index (Phi) is 5.59. The number of nitrogens with one attached hydrogen (secondary N) is 1. The van der Waals surface area contributed by atoms with E-state index in [1.807, 2.05) is 38.7 Å². The van der Waals surface area contributed by atoms with Crippen LogP contribution in [0.15, 0.2) is 18.5 Å². The molecule has 1 aliphatic rings. The third-order valence-corrected chi connectivity index (χ3v) is 3.96. The Hall–Kier alpha value is -1.66. The van der Waals surface area contributed by atoms with Crippen LogP contribution in [0.5, 0.6) is 0 Å². The van der Waals surface area contributed by atoms with Crippen LogP contribution in [0.2, 0.25) is 0 Å². The van der Waals surface area contributed by atoms with Crippen LogP contribution < -0.4 is 5.32 Å². The zero-order valence-electron chi connectivity index (χ0n) is 14.5. The fourth-order valence-corrected chi connectivity index (χ4v) is 3.02. The molecule has 2 rings (SSSR count). The molecule has 0 radical (unpaired) electrons. The average molecular weight is 320 g/mol. The molecule has 128 valence electrons. The molecule has 1 fully saturated rings. The van der Waals surface area contributed by atoms with Crippen LogP contribution >= 0.6 is 0 Å². The number of carbonyl (C=O) groups excluding carboxylic acids is 1. The van der Waals surface area contributed by atoms with Crippen LogP contribution in [-0.4, -0.2) is 63.7 Å². The van der Waals surface area contributed by atoms with Gasteiger partial charge in [-0.25, -0.2) is 4.79 Å². The van der Waals surface area contributed by atoms with E-state index in [9.17, 15) is 9.90 Å². The van der Waals surface area contributed by atoms with Crippen molar-refractivity contribution in [3.8, 4) is 0 Å². The zero-order chi connectivity index (χ0) is 17.0. The van der Waals surface area contributed by atoms with Crippen LogP contribution in [0.25, 0.3) is 0 Å². The first-order valence-corrected chi connectivity index (χ1v) is 8.14. The highest BCUT2D eigenvalue weighted by Crippen LogP contribution is 2.13. The van der Waals surface area contributed by atoms with Crippen molar-refractivity contribution in [3.63, 3.8) is 0 Å². The Balaban J connectivity index is 1.84. The molecule has 0 aromatic carbocycles. The topological polar surface area (TPSA) is 68.7 Å². The highest BCUT2D eigenvalue weighted by Gasteiger charge is 2.29. The number of hydrogen-bond donors (Lipinski definition) is 2. The van der Waals surface area contributed by atoms with E-state index in [0.29, 0.717) is 19.6 Å². The van der Waals surface area contributed by atoms with Gasteiger partial charge in [0.2, 0.25) is 0 Å². The highest BCUT2D eigenvalue weighted by molar-refractivity contribution is 5.74. The average Bonchev–Trinajstić information content (AvgIpc) is 2.43. The van der Waals surface area contributed by atoms with E-state index in [-0.39, 0.29) is 12.1 Å². The number of nitrogens with zero attached hydrogens (tertiary/aromatic N) is 3. The van der Waals surface area contributed by atoms with Gasteiger partial charge in [-0.2, -0.15) is 0 Å². The van der Waals surface area contributed by atoms with E-state index >= 15 is 0 Å². The molecule has 0 bridgehead atoms. The Labute approximate surface area is 138 Å². The normalized spacial score (nSPS) is 19.7. The lowest BCUT2D eigenvalue weighted by molar-refractivity contribution is 0.0119. The van der Waals surface area contributed by atoms with Crippen LogP contribution in [0.1, 0.15) is 31.9 Å². The second kappa shape index (κ2) is 7.27. The molecule has 0 unspecified atom stereocenters. The maximum absolute atomic E-state index is 12.4. The van der Waals surface area contributed by atoms with Crippen molar-refractivity contribution in [1.82, 2.24) is 20.1 Å². The molecule has 1 saturated heterocycles. The fraction of sp³-hybridized carbons (Fsp3) is 0.647. The highest BCUT2D eigenvalue weighted by atomic mass is 16.3. The van der Waals surface area contributed by atoms with Gasteiger partial charge in [-0.1, -0.05) is 6.07 Å². The van der Waals surface area contributed by atoms with E-state index in [0.717, 1.165) is 24.2 Å². The number of amides is 2. The summed E-state index contributed by atoms with van der Waals surface area (Å²) in [5.41, 5.74) is 1.39. The van der Waals surface area contributed by atoms with E-state index in [4.69, 9.17) is 0 Å². The second-order valence-corrected chi connectivity index (χ2v) is 7.12. The van der Waals surface area contributed by atoms with Crippen molar-refractivity contribution in [2.75, 3.05) is 26.2 Å². The van der Waals surface area contributed by atoms with Gasteiger partial charge in [-0.3, -0.25) is 9.88 Å². The fourth-order valence-electron chi connectivity index (χ4n) is 3.02. The lowest BCUT2D eigenvalue weighted by Gasteiger charge is -2.41. The van der Waals surface area contributed by atoms with Crippen LogP contribution in [0.3, 0.4) is 0 Å². The van der Waals surface area contributed by atoms with Crippen LogP contribution in [0, 0.1) is 6.92 Å². The SMILES string of the molecule is Cc1cncc(CNC(=O)N2CCN(CC(C)(C)O)C[C@H]2C)c1. The van der Waals surface area contributed by atoms with Crippen molar-refractivity contribution in [3.05, 3.63) is 29.6 Å². The molecule has 2 heterocycles. The Morgan fingerprint density at radius 3 is 2.78 bits per heavy atom. The molecule has 2 N–H and O–H groups in total. The van der Waals surface area contributed by atoms with Crippen LogP contribution in [0.4, 0.5) is 4.79 Å². The van der Waals surface area contributed by atoms with Crippen LogP contribution in [-0.2, 0) is 6.54 Å². The van der Waals surface area contributed by atoms with Gasteiger partial charge in [-0.15, -0.1) is 0 Å². The van der Waals surface area contributed by atoms with Gasteiger partial charge in [-0.05, 0) is 38.8 Å². The molecule has 1 aliphatic heterocycles. The number of piperazine rings is 1. The summed E-state index contributed by atoms with van der Waals surface area (Å²) in [7, 11) is 0. The number of aryl methyl sites for hydroxylation is 1. The predicted octanol–water partition coefficient (Wildman–Crippen LogP) is 1.38. The van der Waals surface area contributed by atoms with Gasteiger partial charge in [0.25, 0.3) is 0 Å². The van der Waals surface area contributed by atoms with E-state index in [1.54, 1.807) is 12.4 Å². The van der Waals surface area contributed by atoms with Gasteiger partial charge >= 0.3 is 6.03 Å². The lowest BCUT2D eigenvalue weighted by atomic mass is 10.1. The minimum absolute atomic E-state index is 0.0399. The molecule has 1 atom stereocenters. The van der Waals surface area contributed by atoms with Crippen molar-refractivity contribution in [2.24, 2.45) is 0 Å². The van der Waals surface area contributed by atoms with E-state index in [2.05, 4.69) is 15.2 Å².